The van der Waals surface area contributed by atoms with E-state index in [9.17, 15) is 14.3 Å². The van der Waals surface area contributed by atoms with Crippen molar-refractivity contribution in [3.8, 4) is 0 Å². The number of rotatable bonds is 3. The lowest BCUT2D eigenvalue weighted by atomic mass is 10.1. The highest BCUT2D eigenvalue weighted by atomic mass is 35.5. The second-order valence-corrected chi connectivity index (χ2v) is 5.07. The van der Waals surface area contributed by atoms with Gasteiger partial charge in [-0.05, 0) is 26.0 Å². The number of carbonyl (C=O) groups excluding carboxylic acids is 1. The van der Waals surface area contributed by atoms with Crippen molar-refractivity contribution >= 4 is 17.5 Å². The molecule has 2 rings (SSSR count). The number of aliphatic hydroxyl groups is 1. The number of benzene rings is 1. The van der Waals surface area contributed by atoms with E-state index in [1.54, 1.807) is 19.1 Å². The third kappa shape index (κ3) is 3.05. The van der Waals surface area contributed by atoms with Gasteiger partial charge in [-0.25, -0.2) is 4.39 Å². The van der Waals surface area contributed by atoms with Crippen LogP contribution in [0.5, 0.6) is 0 Å². The van der Waals surface area contributed by atoms with Crippen molar-refractivity contribution in [2.75, 3.05) is 6.54 Å². The first-order chi connectivity index (χ1) is 9.00. The smallest absolute Gasteiger partial charge is 0.240 e. The molecule has 1 aliphatic heterocycles. The Labute approximate surface area is 116 Å². The molecule has 4 nitrogen and oxygen atoms in total. The van der Waals surface area contributed by atoms with Gasteiger partial charge in [0.15, 0.2) is 0 Å². The van der Waals surface area contributed by atoms with Crippen LogP contribution in [0.15, 0.2) is 18.2 Å². The van der Waals surface area contributed by atoms with Gasteiger partial charge in [0.25, 0.3) is 0 Å². The van der Waals surface area contributed by atoms with Crippen molar-refractivity contribution in [2.24, 2.45) is 0 Å². The number of aliphatic hydroxyl groups excluding tert-OH is 1. The molecular formula is C13H16ClFN2O2. The zero-order valence-corrected chi connectivity index (χ0v) is 11.2. The monoisotopic (exact) mass is 286 g/mol. The molecule has 1 heterocycles. The normalized spacial score (nSPS) is 24.2. The Morgan fingerprint density at radius 1 is 1.63 bits per heavy atom. The maximum atomic E-state index is 13.8. The van der Waals surface area contributed by atoms with Crippen molar-refractivity contribution in [3.05, 3.63) is 34.6 Å². The fourth-order valence-corrected chi connectivity index (χ4v) is 2.37. The summed E-state index contributed by atoms with van der Waals surface area (Å²) in [6.07, 6.45) is -0.158. The average molecular weight is 287 g/mol. The second-order valence-electron chi connectivity index (χ2n) is 4.66. The number of amides is 1. The summed E-state index contributed by atoms with van der Waals surface area (Å²) in [6.45, 7) is 2.27. The van der Waals surface area contributed by atoms with E-state index in [-0.39, 0.29) is 10.9 Å². The molecule has 0 radical (unpaired) electrons. The predicted molar refractivity (Wildman–Crippen MR) is 70.4 cm³/mol. The molecule has 6 heteroatoms. The molecule has 0 aromatic heterocycles. The zero-order valence-electron chi connectivity index (χ0n) is 10.5. The summed E-state index contributed by atoms with van der Waals surface area (Å²) < 4.78 is 13.8. The van der Waals surface area contributed by atoms with Crippen LogP contribution in [0.1, 0.15) is 24.9 Å². The summed E-state index contributed by atoms with van der Waals surface area (Å²) in [5, 5.41) is 15.2. The van der Waals surface area contributed by atoms with Crippen LogP contribution in [0.4, 0.5) is 4.39 Å². The summed E-state index contributed by atoms with van der Waals surface area (Å²) in [7, 11) is 0. The molecule has 0 saturated carbocycles. The summed E-state index contributed by atoms with van der Waals surface area (Å²) in [6, 6.07) is 3.51. The van der Waals surface area contributed by atoms with E-state index in [0.717, 1.165) is 0 Å². The van der Waals surface area contributed by atoms with Gasteiger partial charge in [0.05, 0.1) is 17.2 Å². The van der Waals surface area contributed by atoms with Crippen molar-refractivity contribution in [1.29, 1.82) is 0 Å². The topological polar surface area (TPSA) is 61.4 Å². The summed E-state index contributed by atoms with van der Waals surface area (Å²) >= 11 is 5.70. The minimum atomic E-state index is -0.698. The van der Waals surface area contributed by atoms with Crippen LogP contribution >= 0.6 is 11.6 Å². The predicted octanol–water partition coefficient (Wildman–Crippen LogP) is 1.38. The largest absolute Gasteiger partial charge is 0.391 e. The van der Waals surface area contributed by atoms with Crippen LogP contribution in [0.25, 0.3) is 0 Å². The first kappa shape index (κ1) is 14.2. The Bertz CT molecular complexity index is 484. The van der Waals surface area contributed by atoms with Gasteiger partial charge in [-0.15, -0.1) is 0 Å². The first-order valence-electron chi connectivity index (χ1n) is 6.16. The second kappa shape index (κ2) is 5.86. The summed E-state index contributed by atoms with van der Waals surface area (Å²) in [4.78, 5) is 11.9. The molecule has 0 spiro atoms. The van der Waals surface area contributed by atoms with Gasteiger partial charge < -0.3 is 15.7 Å². The van der Waals surface area contributed by atoms with E-state index < -0.39 is 24.0 Å². The molecule has 19 heavy (non-hydrogen) atoms. The number of nitrogens with one attached hydrogen (secondary N) is 2. The molecule has 0 bridgehead atoms. The molecule has 3 atom stereocenters. The molecular weight excluding hydrogens is 271 g/mol. The number of hydrogen-bond donors (Lipinski definition) is 3. The van der Waals surface area contributed by atoms with E-state index in [0.29, 0.717) is 18.5 Å². The van der Waals surface area contributed by atoms with E-state index >= 15 is 0 Å². The van der Waals surface area contributed by atoms with E-state index in [1.165, 1.54) is 6.07 Å². The van der Waals surface area contributed by atoms with Crippen molar-refractivity contribution in [3.63, 3.8) is 0 Å². The molecule has 1 aromatic rings. The van der Waals surface area contributed by atoms with E-state index in [1.807, 2.05) is 0 Å². The van der Waals surface area contributed by atoms with Gasteiger partial charge in [0.2, 0.25) is 5.91 Å². The lowest BCUT2D eigenvalue weighted by Gasteiger charge is -2.20. The molecule has 1 unspecified atom stereocenters. The summed E-state index contributed by atoms with van der Waals surface area (Å²) in [5.74, 6) is -0.867. The number of hydrogen-bond acceptors (Lipinski definition) is 3. The molecule has 1 aromatic carbocycles. The third-order valence-corrected chi connectivity index (χ3v) is 3.57. The van der Waals surface area contributed by atoms with Crippen LogP contribution in [-0.4, -0.2) is 29.7 Å². The lowest BCUT2D eigenvalue weighted by molar-refractivity contribution is -0.125. The van der Waals surface area contributed by atoms with Gasteiger partial charge in [0, 0.05) is 5.56 Å². The first-order valence-corrected chi connectivity index (χ1v) is 6.54. The van der Waals surface area contributed by atoms with Crippen LogP contribution in [0.3, 0.4) is 0 Å². The molecule has 104 valence electrons. The Morgan fingerprint density at radius 2 is 2.37 bits per heavy atom. The van der Waals surface area contributed by atoms with Crippen molar-refractivity contribution in [1.82, 2.24) is 10.6 Å². The maximum Gasteiger partial charge on any atom is 0.240 e. The minimum Gasteiger partial charge on any atom is -0.391 e. The third-order valence-electron chi connectivity index (χ3n) is 3.28. The average Bonchev–Trinajstić information content (AvgIpc) is 2.79. The van der Waals surface area contributed by atoms with Crippen molar-refractivity contribution in [2.45, 2.75) is 31.5 Å². The highest BCUT2D eigenvalue weighted by molar-refractivity contribution is 6.30. The summed E-state index contributed by atoms with van der Waals surface area (Å²) in [5.41, 5.74) is 0.327. The van der Waals surface area contributed by atoms with Gasteiger partial charge in [-0.2, -0.15) is 0 Å². The highest BCUT2D eigenvalue weighted by Gasteiger charge is 2.32. The Morgan fingerprint density at radius 3 is 3.00 bits per heavy atom. The zero-order chi connectivity index (χ0) is 14.0. The molecule has 1 saturated heterocycles. The molecule has 1 aliphatic rings. The molecule has 0 aliphatic carbocycles. The van der Waals surface area contributed by atoms with Gasteiger partial charge >= 0.3 is 0 Å². The minimum absolute atomic E-state index is 0.0256. The fourth-order valence-electron chi connectivity index (χ4n) is 2.19. The Hall–Kier alpha value is -1.17. The standard InChI is InChI=1S/C13H16ClFN2O2/c1-7(8-3-2-4-9(14)11(8)15)17-13(19)12-10(18)5-6-16-12/h2-4,7,10,12,16,18H,5-6H2,1H3,(H,17,19)/t7-,10?,12+/m1/s1. The lowest BCUT2D eigenvalue weighted by Crippen LogP contribution is -2.46. The molecule has 3 N–H and O–H groups in total. The van der Waals surface area contributed by atoms with Crippen LogP contribution in [0, 0.1) is 5.82 Å². The fraction of sp³-hybridized carbons (Fsp3) is 0.462. The Kier molecular flexibility index (Phi) is 4.39. The highest BCUT2D eigenvalue weighted by Crippen LogP contribution is 2.23. The van der Waals surface area contributed by atoms with Crippen LogP contribution in [-0.2, 0) is 4.79 Å². The molecule has 1 fully saturated rings. The van der Waals surface area contributed by atoms with Crippen LogP contribution < -0.4 is 10.6 Å². The van der Waals surface area contributed by atoms with Gasteiger partial charge in [0.1, 0.15) is 11.9 Å². The molecule has 1 amide bonds. The number of carbonyl (C=O) groups is 1. The maximum absolute atomic E-state index is 13.8. The number of halogens is 2. The quantitative estimate of drug-likeness (QED) is 0.787. The van der Waals surface area contributed by atoms with E-state index in [2.05, 4.69) is 10.6 Å². The van der Waals surface area contributed by atoms with Gasteiger partial charge in [-0.3, -0.25) is 4.79 Å². The van der Waals surface area contributed by atoms with E-state index in [4.69, 9.17) is 11.6 Å². The SMILES string of the molecule is C[C@@H](NC(=O)[C@H]1NCCC1O)c1cccc(Cl)c1F. The Balaban J connectivity index is 2.06. The van der Waals surface area contributed by atoms with Crippen molar-refractivity contribution < 1.29 is 14.3 Å². The van der Waals surface area contributed by atoms with Gasteiger partial charge in [-0.1, -0.05) is 23.7 Å². The van der Waals surface area contributed by atoms with Crippen LogP contribution in [0.2, 0.25) is 5.02 Å².